The van der Waals surface area contributed by atoms with Crippen LogP contribution >= 0.6 is 11.6 Å². The maximum Gasteiger partial charge on any atom is 0.272 e. The van der Waals surface area contributed by atoms with Crippen molar-refractivity contribution in [3.63, 3.8) is 0 Å². The number of rotatable bonds is 2. The van der Waals surface area contributed by atoms with Gasteiger partial charge in [0.2, 0.25) is 5.56 Å². The number of aromatic amines is 1. The Hall–Kier alpha value is -2.14. The molecule has 0 radical (unpaired) electrons. The second kappa shape index (κ2) is 4.80. The van der Waals surface area contributed by atoms with Gasteiger partial charge in [0.05, 0.1) is 0 Å². The van der Waals surface area contributed by atoms with Crippen molar-refractivity contribution >= 4 is 23.2 Å². The van der Waals surface area contributed by atoms with Crippen LogP contribution in [0, 0.1) is 0 Å². The van der Waals surface area contributed by atoms with Gasteiger partial charge >= 0.3 is 0 Å². The Labute approximate surface area is 101 Å². The average molecular weight is 250 g/mol. The number of carbonyl (C=O) groups is 1. The van der Waals surface area contributed by atoms with Crippen LogP contribution < -0.4 is 10.9 Å². The fourth-order valence-corrected chi connectivity index (χ4v) is 1.43. The van der Waals surface area contributed by atoms with Crippen molar-refractivity contribution in [2.45, 2.75) is 0 Å². The molecule has 2 aromatic rings. The molecule has 0 unspecified atom stereocenters. The number of aromatic nitrogens is 2. The van der Waals surface area contributed by atoms with Gasteiger partial charge in [-0.25, -0.2) is 4.98 Å². The van der Waals surface area contributed by atoms with Crippen molar-refractivity contribution in [3.8, 4) is 0 Å². The largest absolute Gasteiger partial charge is 0.321 e. The number of anilines is 1. The van der Waals surface area contributed by atoms with Gasteiger partial charge in [-0.05, 0) is 18.2 Å². The zero-order chi connectivity index (χ0) is 12.3. The van der Waals surface area contributed by atoms with Gasteiger partial charge in [-0.2, -0.15) is 0 Å². The van der Waals surface area contributed by atoms with Crippen molar-refractivity contribution < 1.29 is 4.79 Å². The van der Waals surface area contributed by atoms with Gasteiger partial charge < -0.3 is 10.3 Å². The molecular weight excluding hydrogens is 242 g/mol. The fraction of sp³-hybridized carbons (Fsp3) is 0. The number of H-pyrrole nitrogens is 1. The van der Waals surface area contributed by atoms with Crippen LogP contribution in [0.25, 0.3) is 0 Å². The molecule has 0 aliphatic heterocycles. The zero-order valence-electron chi connectivity index (χ0n) is 8.61. The van der Waals surface area contributed by atoms with E-state index < -0.39 is 5.91 Å². The van der Waals surface area contributed by atoms with E-state index in [9.17, 15) is 9.59 Å². The zero-order valence-corrected chi connectivity index (χ0v) is 9.36. The van der Waals surface area contributed by atoms with Gasteiger partial charge in [0.1, 0.15) is 10.8 Å². The summed E-state index contributed by atoms with van der Waals surface area (Å²) in [6.45, 7) is 0. The Morgan fingerprint density at radius 3 is 2.88 bits per heavy atom. The number of hydrogen-bond donors (Lipinski definition) is 2. The Bertz CT molecular complexity index is 609. The molecule has 0 spiro atoms. The Kier molecular flexibility index (Phi) is 3.20. The van der Waals surface area contributed by atoms with E-state index in [4.69, 9.17) is 11.6 Å². The number of nitrogens with zero attached hydrogens (tertiary/aromatic N) is 1. The fourth-order valence-electron chi connectivity index (χ4n) is 1.26. The molecule has 0 bridgehead atoms. The molecule has 0 saturated heterocycles. The van der Waals surface area contributed by atoms with E-state index in [1.165, 1.54) is 30.5 Å². The van der Waals surface area contributed by atoms with Crippen LogP contribution in [-0.2, 0) is 0 Å². The van der Waals surface area contributed by atoms with Gasteiger partial charge in [-0.1, -0.05) is 17.7 Å². The highest BCUT2D eigenvalue weighted by Gasteiger charge is 2.06. The first-order chi connectivity index (χ1) is 8.15. The number of halogens is 1. The van der Waals surface area contributed by atoms with Crippen LogP contribution in [0.2, 0.25) is 5.15 Å². The lowest BCUT2D eigenvalue weighted by molar-refractivity contribution is 0.102. The molecule has 0 aliphatic carbocycles. The third-order valence-electron chi connectivity index (χ3n) is 2.00. The lowest BCUT2D eigenvalue weighted by Crippen LogP contribution is -2.17. The molecule has 0 atom stereocenters. The van der Waals surface area contributed by atoms with Gasteiger partial charge in [0.25, 0.3) is 5.91 Å². The predicted molar refractivity (Wildman–Crippen MR) is 64.3 cm³/mol. The van der Waals surface area contributed by atoms with Gasteiger partial charge in [-0.15, -0.1) is 0 Å². The Morgan fingerprint density at radius 1 is 1.35 bits per heavy atom. The first-order valence-electron chi connectivity index (χ1n) is 4.77. The van der Waals surface area contributed by atoms with Gasteiger partial charge in [-0.3, -0.25) is 9.59 Å². The van der Waals surface area contributed by atoms with E-state index in [0.717, 1.165) is 0 Å². The molecule has 0 fully saturated rings. The highest BCUT2D eigenvalue weighted by Crippen LogP contribution is 2.12. The summed E-state index contributed by atoms with van der Waals surface area (Å²) in [6.07, 6.45) is 1.48. The van der Waals surface area contributed by atoms with E-state index >= 15 is 0 Å². The minimum absolute atomic E-state index is 0.186. The third-order valence-corrected chi connectivity index (χ3v) is 2.20. The van der Waals surface area contributed by atoms with Crippen molar-refractivity contribution in [1.29, 1.82) is 0 Å². The van der Waals surface area contributed by atoms with Crippen LogP contribution in [0.15, 0.2) is 41.3 Å². The maximum atomic E-state index is 11.7. The first kappa shape index (κ1) is 11.3. The van der Waals surface area contributed by atoms with Crippen molar-refractivity contribution in [1.82, 2.24) is 9.97 Å². The summed E-state index contributed by atoms with van der Waals surface area (Å²) in [6, 6.07) is 7.47. The summed E-state index contributed by atoms with van der Waals surface area (Å²) in [4.78, 5) is 29.0. The molecule has 6 heteroatoms. The molecule has 2 heterocycles. The van der Waals surface area contributed by atoms with E-state index in [2.05, 4.69) is 15.3 Å². The van der Waals surface area contributed by atoms with Crippen LogP contribution in [0.1, 0.15) is 10.5 Å². The SMILES string of the molecule is O=C(Nc1ccnc(Cl)c1)c1cccc(=O)[nH]1. The predicted octanol–water partition coefficient (Wildman–Crippen LogP) is 1.68. The number of pyridine rings is 2. The van der Waals surface area contributed by atoms with Crippen molar-refractivity contribution in [2.24, 2.45) is 0 Å². The molecule has 86 valence electrons. The van der Waals surface area contributed by atoms with Crippen LogP contribution in [0.5, 0.6) is 0 Å². The summed E-state index contributed by atoms with van der Waals surface area (Å²) < 4.78 is 0. The van der Waals surface area contributed by atoms with Crippen LogP contribution in [0.3, 0.4) is 0 Å². The molecule has 5 nitrogen and oxygen atoms in total. The number of nitrogens with one attached hydrogen (secondary N) is 2. The second-order valence-electron chi connectivity index (χ2n) is 3.25. The minimum atomic E-state index is -0.412. The average Bonchev–Trinajstić information content (AvgIpc) is 2.29. The van der Waals surface area contributed by atoms with Crippen LogP contribution in [0.4, 0.5) is 5.69 Å². The molecule has 2 rings (SSSR count). The Balaban J connectivity index is 2.20. The van der Waals surface area contributed by atoms with E-state index in [1.807, 2.05) is 0 Å². The summed E-state index contributed by atoms with van der Waals surface area (Å²) >= 11 is 5.68. The van der Waals surface area contributed by atoms with Gasteiger partial charge in [0, 0.05) is 18.0 Å². The minimum Gasteiger partial charge on any atom is -0.321 e. The standard InChI is InChI=1S/C11H8ClN3O2/c12-9-6-7(4-5-13-9)14-11(17)8-2-1-3-10(16)15-8/h1-6H,(H,15,16)(H,13,14,17). The smallest absolute Gasteiger partial charge is 0.272 e. The quantitative estimate of drug-likeness (QED) is 0.795. The van der Waals surface area contributed by atoms with Crippen LogP contribution in [-0.4, -0.2) is 15.9 Å². The molecule has 2 N–H and O–H groups in total. The molecule has 2 aromatic heterocycles. The summed E-state index contributed by atoms with van der Waals surface area (Å²) in [5, 5.41) is 2.87. The normalized spacial score (nSPS) is 9.94. The highest BCUT2D eigenvalue weighted by atomic mass is 35.5. The van der Waals surface area contributed by atoms with Crippen molar-refractivity contribution in [3.05, 3.63) is 57.7 Å². The summed E-state index contributed by atoms with van der Waals surface area (Å²) in [5.41, 5.74) is 0.371. The molecule has 0 saturated carbocycles. The molecule has 0 aromatic carbocycles. The molecular formula is C11H8ClN3O2. The van der Waals surface area contributed by atoms with Gasteiger partial charge in [0.15, 0.2) is 0 Å². The summed E-state index contributed by atoms with van der Waals surface area (Å²) in [7, 11) is 0. The topological polar surface area (TPSA) is 74.8 Å². The molecule has 0 aliphatic rings. The number of carbonyl (C=O) groups excluding carboxylic acids is 1. The van der Waals surface area contributed by atoms with E-state index in [0.29, 0.717) is 5.69 Å². The number of amides is 1. The van der Waals surface area contributed by atoms with Crippen molar-refractivity contribution in [2.75, 3.05) is 5.32 Å². The Morgan fingerprint density at radius 2 is 2.18 bits per heavy atom. The monoisotopic (exact) mass is 249 g/mol. The lowest BCUT2D eigenvalue weighted by atomic mass is 10.3. The molecule has 17 heavy (non-hydrogen) atoms. The maximum absolute atomic E-state index is 11.7. The second-order valence-corrected chi connectivity index (χ2v) is 3.64. The molecule has 1 amide bonds. The number of hydrogen-bond acceptors (Lipinski definition) is 3. The first-order valence-corrected chi connectivity index (χ1v) is 5.15. The highest BCUT2D eigenvalue weighted by molar-refractivity contribution is 6.29. The van der Waals surface area contributed by atoms with E-state index in [1.54, 1.807) is 6.07 Å². The van der Waals surface area contributed by atoms with E-state index in [-0.39, 0.29) is 16.4 Å². The summed E-state index contributed by atoms with van der Waals surface area (Å²) in [5.74, 6) is -0.412. The third kappa shape index (κ3) is 2.92. The lowest BCUT2D eigenvalue weighted by Gasteiger charge is -2.04.